The molecule has 0 N–H and O–H groups in total. The molecule has 3 aromatic heterocycles. The lowest BCUT2D eigenvalue weighted by Gasteiger charge is -2.36. The number of anilines is 2. The van der Waals surface area contributed by atoms with Crippen molar-refractivity contribution in [3.05, 3.63) is 35.9 Å². The van der Waals surface area contributed by atoms with Crippen LogP contribution in [-0.4, -0.2) is 46.1 Å². The number of aryl methyl sites for hydroxylation is 1. The van der Waals surface area contributed by atoms with Gasteiger partial charge in [0.25, 0.3) is 0 Å². The van der Waals surface area contributed by atoms with Crippen LogP contribution in [0.15, 0.2) is 30.0 Å². The van der Waals surface area contributed by atoms with Gasteiger partial charge in [-0.05, 0) is 18.4 Å². The van der Waals surface area contributed by atoms with E-state index in [9.17, 15) is 0 Å². The summed E-state index contributed by atoms with van der Waals surface area (Å²) < 4.78 is 0. The zero-order valence-corrected chi connectivity index (χ0v) is 13.1. The van der Waals surface area contributed by atoms with Gasteiger partial charge in [0.2, 0.25) is 0 Å². The van der Waals surface area contributed by atoms with E-state index >= 15 is 0 Å². The largest absolute Gasteiger partial charge is 0.352 e. The highest BCUT2D eigenvalue weighted by molar-refractivity contribution is 7.16. The minimum Gasteiger partial charge on any atom is -0.352 e. The lowest BCUT2D eigenvalue weighted by Crippen LogP contribution is -2.47. The third-order valence-electron chi connectivity index (χ3n) is 3.87. The van der Waals surface area contributed by atoms with Crippen LogP contribution in [0.25, 0.3) is 10.2 Å². The molecule has 3 aromatic rings. The van der Waals surface area contributed by atoms with Gasteiger partial charge < -0.3 is 9.80 Å². The van der Waals surface area contributed by atoms with E-state index in [1.54, 1.807) is 23.7 Å². The molecule has 1 fully saturated rings. The number of hydrogen-bond acceptors (Lipinski definition) is 7. The molecule has 0 radical (unpaired) electrons. The van der Waals surface area contributed by atoms with Crippen LogP contribution < -0.4 is 9.80 Å². The molecule has 4 rings (SSSR count). The summed E-state index contributed by atoms with van der Waals surface area (Å²) in [6.45, 7) is 5.66. The van der Waals surface area contributed by atoms with Crippen molar-refractivity contribution in [1.29, 1.82) is 0 Å². The van der Waals surface area contributed by atoms with Gasteiger partial charge in [0.05, 0.1) is 11.6 Å². The van der Waals surface area contributed by atoms with Crippen LogP contribution in [-0.2, 0) is 0 Å². The maximum Gasteiger partial charge on any atom is 0.147 e. The molecule has 1 aliphatic heterocycles. The summed E-state index contributed by atoms with van der Waals surface area (Å²) in [6, 6.07) is 2.11. The SMILES string of the molecule is Cc1nc(N2CCN(c3cnccn3)CC2)c2ccsc2n1. The first-order chi connectivity index (χ1) is 10.8. The van der Waals surface area contributed by atoms with Gasteiger partial charge in [-0.1, -0.05) is 0 Å². The molecule has 0 aromatic carbocycles. The second kappa shape index (κ2) is 5.49. The van der Waals surface area contributed by atoms with Gasteiger partial charge in [-0.15, -0.1) is 11.3 Å². The lowest BCUT2D eigenvalue weighted by molar-refractivity contribution is 0.641. The molecule has 0 amide bonds. The summed E-state index contributed by atoms with van der Waals surface area (Å²) >= 11 is 1.67. The number of aromatic nitrogens is 4. The highest BCUT2D eigenvalue weighted by Crippen LogP contribution is 2.28. The molecular weight excluding hydrogens is 296 g/mol. The van der Waals surface area contributed by atoms with Crippen LogP contribution in [0.4, 0.5) is 11.6 Å². The van der Waals surface area contributed by atoms with Crippen molar-refractivity contribution in [2.45, 2.75) is 6.92 Å². The number of hydrogen-bond donors (Lipinski definition) is 0. The number of thiophene rings is 1. The fourth-order valence-corrected chi connectivity index (χ4v) is 3.59. The third kappa shape index (κ3) is 2.37. The Morgan fingerprint density at radius 3 is 2.64 bits per heavy atom. The minimum atomic E-state index is 0.835. The Morgan fingerprint density at radius 1 is 1.05 bits per heavy atom. The minimum absolute atomic E-state index is 0.835. The standard InChI is InChI=1S/C15H16N6S/c1-11-18-14(12-2-9-22-15(12)19-11)21-7-5-20(6-8-21)13-10-16-3-4-17-13/h2-4,9-10H,5-8H2,1H3. The average molecular weight is 312 g/mol. The van der Waals surface area contributed by atoms with Crippen LogP contribution in [0.2, 0.25) is 0 Å². The molecule has 7 heteroatoms. The normalized spacial score (nSPS) is 15.5. The van der Waals surface area contributed by atoms with Gasteiger partial charge in [-0.25, -0.2) is 15.0 Å². The van der Waals surface area contributed by atoms with Crippen molar-refractivity contribution < 1.29 is 0 Å². The first kappa shape index (κ1) is 13.4. The average Bonchev–Trinajstić information content (AvgIpc) is 3.03. The molecule has 0 bridgehead atoms. The Morgan fingerprint density at radius 2 is 1.86 bits per heavy atom. The van der Waals surface area contributed by atoms with E-state index in [4.69, 9.17) is 0 Å². The van der Waals surface area contributed by atoms with Crippen LogP contribution in [0, 0.1) is 6.92 Å². The van der Waals surface area contributed by atoms with Crippen molar-refractivity contribution in [1.82, 2.24) is 19.9 Å². The molecule has 1 aliphatic rings. The number of nitrogens with zero attached hydrogens (tertiary/aromatic N) is 6. The number of fused-ring (bicyclic) bond motifs is 1. The predicted octanol–water partition coefficient (Wildman–Crippen LogP) is 2.12. The van der Waals surface area contributed by atoms with E-state index in [1.165, 1.54) is 0 Å². The Bertz CT molecular complexity index is 779. The van der Waals surface area contributed by atoms with E-state index in [1.807, 2.05) is 13.1 Å². The van der Waals surface area contributed by atoms with E-state index in [0.717, 1.165) is 53.9 Å². The van der Waals surface area contributed by atoms with E-state index in [-0.39, 0.29) is 0 Å². The summed E-state index contributed by atoms with van der Waals surface area (Å²) in [4.78, 5) is 23.4. The fraction of sp³-hybridized carbons (Fsp3) is 0.333. The molecule has 6 nitrogen and oxygen atoms in total. The first-order valence-electron chi connectivity index (χ1n) is 7.29. The van der Waals surface area contributed by atoms with Gasteiger partial charge in [-0.3, -0.25) is 4.98 Å². The van der Waals surface area contributed by atoms with Gasteiger partial charge in [-0.2, -0.15) is 0 Å². The molecule has 4 heterocycles. The van der Waals surface area contributed by atoms with Gasteiger partial charge >= 0.3 is 0 Å². The highest BCUT2D eigenvalue weighted by atomic mass is 32.1. The van der Waals surface area contributed by atoms with Crippen LogP contribution in [0.5, 0.6) is 0 Å². The summed E-state index contributed by atoms with van der Waals surface area (Å²) in [5.74, 6) is 2.84. The molecule has 112 valence electrons. The summed E-state index contributed by atoms with van der Waals surface area (Å²) in [5, 5.41) is 3.24. The summed E-state index contributed by atoms with van der Waals surface area (Å²) in [5.41, 5.74) is 0. The zero-order valence-electron chi connectivity index (χ0n) is 12.3. The second-order valence-corrected chi connectivity index (χ2v) is 6.17. The maximum absolute atomic E-state index is 4.67. The maximum atomic E-state index is 4.67. The van der Waals surface area contributed by atoms with Gasteiger partial charge in [0.1, 0.15) is 22.3 Å². The quantitative estimate of drug-likeness (QED) is 0.722. The van der Waals surface area contributed by atoms with Crippen LogP contribution in [0.1, 0.15) is 5.82 Å². The summed E-state index contributed by atoms with van der Waals surface area (Å²) in [6.07, 6.45) is 5.27. The monoisotopic (exact) mass is 312 g/mol. The van der Waals surface area contributed by atoms with Crippen molar-refractivity contribution in [2.24, 2.45) is 0 Å². The highest BCUT2D eigenvalue weighted by Gasteiger charge is 2.21. The molecule has 0 saturated carbocycles. The van der Waals surface area contributed by atoms with Crippen molar-refractivity contribution in [3.63, 3.8) is 0 Å². The Labute approximate surface area is 132 Å². The topological polar surface area (TPSA) is 58.0 Å². The fourth-order valence-electron chi connectivity index (χ4n) is 2.79. The predicted molar refractivity (Wildman–Crippen MR) is 88.6 cm³/mol. The Balaban J connectivity index is 1.57. The smallest absolute Gasteiger partial charge is 0.147 e. The van der Waals surface area contributed by atoms with Gasteiger partial charge in [0, 0.05) is 38.6 Å². The van der Waals surface area contributed by atoms with Crippen molar-refractivity contribution >= 4 is 33.2 Å². The van der Waals surface area contributed by atoms with Crippen LogP contribution in [0.3, 0.4) is 0 Å². The summed E-state index contributed by atoms with van der Waals surface area (Å²) in [7, 11) is 0. The molecular formula is C15H16N6S. The number of rotatable bonds is 2. The van der Waals surface area contributed by atoms with E-state index < -0.39 is 0 Å². The molecule has 0 atom stereocenters. The van der Waals surface area contributed by atoms with Gasteiger partial charge in [0.15, 0.2) is 0 Å². The molecule has 22 heavy (non-hydrogen) atoms. The zero-order chi connectivity index (χ0) is 14.9. The second-order valence-electron chi connectivity index (χ2n) is 5.27. The number of piperazine rings is 1. The molecule has 0 unspecified atom stereocenters. The molecule has 0 spiro atoms. The Kier molecular flexibility index (Phi) is 3.34. The first-order valence-corrected chi connectivity index (χ1v) is 8.17. The van der Waals surface area contributed by atoms with E-state index in [0.29, 0.717) is 0 Å². The van der Waals surface area contributed by atoms with E-state index in [2.05, 4.69) is 41.2 Å². The Hall–Kier alpha value is -2.28. The van der Waals surface area contributed by atoms with Crippen molar-refractivity contribution in [3.8, 4) is 0 Å². The van der Waals surface area contributed by atoms with Crippen LogP contribution >= 0.6 is 11.3 Å². The molecule has 0 aliphatic carbocycles. The molecule has 1 saturated heterocycles. The third-order valence-corrected chi connectivity index (χ3v) is 4.68. The lowest BCUT2D eigenvalue weighted by atomic mass is 10.2. The van der Waals surface area contributed by atoms with Crippen molar-refractivity contribution in [2.75, 3.05) is 36.0 Å².